The van der Waals surface area contributed by atoms with Crippen LogP contribution < -0.4 is 10.2 Å². The number of anilines is 1. The minimum atomic E-state index is -0.427. The van der Waals surface area contributed by atoms with Crippen molar-refractivity contribution in [2.45, 2.75) is 50.7 Å². The fourth-order valence-corrected chi connectivity index (χ4v) is 4.95. The maximum atomic E-state index is 13.1. The minimum absolute atomic E-state index is 0.119. The minimum Gasteiger partial charge on any atom is -0.369 e. The summed E-state index contributed by atoms with van der Waals surface area (Å²) in [6.45, 7) is 4.20. The van der Waals surface area contributed by atoms with Gasteiger partial charge in [0.15, 0.2) is 5.82 Å². The van der Waals surface area contributed by atoms with Gasteiger partial charge in [0, 0.05) is 31.3 Å². The predicted octanol–water partition coefficient (Wildman–Crippen LogP) is 2.46. The Morgan fingerprint density at radius 3 is 3.07 bits per heavy atom. The van der Waals surface area contributed by atoms with E-state index in [9.17, 15) is 9.18 Å². The fourth-order valence-electron chi connectivity index (χ4n) is 4.95. The van der Waals surface area contributed by atoms with Crippen molar-refractivity contribution in [3.63, 3.8) is 0 Å². The van der Waals surface area contributed by atoms with Crippen molar-refractivity contribution in [2.24, 2.45) is 11.8 Å². The number of hydrogen-bond acceptors (Lipinski definition) is 5. The van der Waals surface area contributed by atoms with E-state index in [-0.39, 0.29) is 17.6 Å². The topological polar surface area (TPSA) is 67.4 Å². The van der Waals surface area contributed by atoms with Gasteiger partial charge in [-0.3, -0.25) is 4.79 Å². The van der Waals surface area contributed by atoms with Gasteiger partial charge in [0.05, 0.1) is 30.6 Å². The van der Waals surface area contributed by atoms with E-state index in [1.54, 1.807) is 0 Å². The lowest BCUT2D eigenvalue weighted by Crippen LogP contribution is -2.41. The van der Waals surface area contributed by atoms with E-state index in [1.165, 1.54) is 12.4 Å². The predicted molar refractivity (Wildman–Crippen MR) is 99.7 cm³/mol. The number of amides is 1. The molecule has 3 aliphatic rings. The monoisotopic (exact) mass is 374 g/mol. The number of carbonyl (C=O) groups excluding carboxylic acids is 1. The van der Waals surface area contributed by atoms with Crippen LogP contribution in [0.3, 0.4) is 0 Å². The average molecular weight is 374 g/mol. The number of fused-ring (bicyclic) bond motifs is 1. The van der Waals surface area contributed by atoms with E-state index in [4.69, 9.17) is 4.74 Å². The lowest BCUT2D eigenvalue weighted by atomic mass is 9.73. The summed E-state index contributed by atoms with van der Waals surface area (Å²) < 4.78 is 19.5. The number of rotatable bonds is 7. The smallest absolute Gasteiger partial charge is 0.225 e. The molecule has 1 aromatic heterocycles. The second kappa shape index (κ2) is 7.54. The highest BCUT2D eigenvalue weighted by molar-refractivity contribution is 5.75. The first-order valence-corrected chi connectivity index (χ1v) is 9.89. The maximum Gasteiger partial charge on any atom is 0.225 e. The number of nitrogens with zero attached hydrogens (tertiary/aromatic N) is 3. The van der Waals surface area contributed by atoms with E-state index in [0.717, 1.165) is 38.8 Å². The lowest BCUT2D eigenvalue weighted by molar-refractivity contribution is -0.121. The molecule has 0 aliphatic carbocycles. The Kier molecular flexibility index (Phi) is 5.12. The molecule has 4 rings (SSSR count). The molecule has 2 bridgehead atoms. The second-order valence-corrected chi connectivity index (χ2v) is 7.88. The molecule has 0 unspecified atom stereocenters. The van der Waals surface area contributed by atoms with Gasteiger partial charge in [-0.25, -0.2) is 14.4 Å². The van der Waals surface area contributed by atoms with Gasteiger partial charge in [-0.15, -0.1) is 0 Å². The molecule has 3 aliphatic heterocycles. The van der Waals surface area contributed by atoms with Crippen LogP contribution in [0, 0.1) is 17.7 Å². The van der Waals surface area contributed by atoms with E-state index in [1.807, 2.05) is 13.0 Å². The lowest BCUT2D eigenvalue weighted by Gasteiger charge is -2.29. The summed E-state index contributed by atoms with van der Waals surface area (Å²) in [5, 5.41) is 3.12. The zero-order valence-corrected chi connectivity index (χ0v) is 15.7. The molecule has 1 aromatic rings. The highest BCUT2D eigenvalue weighted by atomic mass is 19.1. The Morgan fingerprint density at radius 1 is 1.48 bits per heavy atom. The normalized spacial score (nSPS) is 31.6. The highest BCUT2D eigenvalue weighted by Gasteiger charge is 2.63. The summed E-state index contributed by atoms with van der Waals surface area (Å²) in [6, 6.07) is 0. The van der Waals surface area contributed by atoms with E-state index in [2.05, 4.69) is 26.3 Å². The van der Waals surface area contributed by atoms with Crippen LogP contribution in [0.2, 0.25) is 0 Å². The molecular formula is C20H27FN4O2. The summed E-state index contributed by atoms with van der Waals surface area (Å²) in [7, 11) is 0. The molecular weight excluding hydrogens is 347 g/mol. The zero-order chi connectivity index (χ0) is 18.9. The quantitative estimate of drug-likeness (QED) is 0.587. The number of unbranched alkanes of at least 4 members (excludes halogenated alkanes) is 1. The Morgan fingerprint density at radius 2 is 2.30 bits per heavy atom. The van der Waals surface area contributed by atoms with Crippen LogP contribution in [0.25, 0.3) is 0 Å². The molecule has 7 heteroatoms. The molecule has 27 heavy (non-hydrogen) atoms. The molecule has 4 atom stereocenters. The van der Waals surface area contributed by atoms with Crippen molar-refractivity contribution >= 4 is 11.9 Å². The zero-order valence-electron chi connectivity index (χ0n) is 15.7. The summed E-state index contributed by atoms with van der Waals surface area (Å²) in [6.07, 6.45) is 11.2. The number of allylic oxidation sites excluding steroid dienone is 2. The van der Waals surface area contributed by atoms with Crippen molar-refractivity contribution in [1.29, 1.82) is 0 Å². The first-order valence-electron chi connectivity index (χ1n) is 9.89. The fraction of sp³-hybridized carbons (Fsp3) is 0.650. The van der Waals surface area contributed by atoms with Crippen LogP contribution in [-0.4, -0.2) is 47.2 Å². The van der Waals surface area contributed by atoms with Gasteiger partial charge in [-0.2, -0.15) is 0 Å². The summed E-state index contributed by atoms with van der Waals surface area (Å²) in [5.41, 5.74) is -0.163. The van der Waals surface area contributed by atoms with Crippen LogP contribution in [0.1, 0.15) is 39.0 Å². The van der Waals surface area contributed by atoms with Crippen LogP contribution in [0.5, 0.6) is 0 Å². The van der Waals surface area contributed by atoms with Crippen LogP contribution >= 0.6 is 0 Å². The van der Waals surface area contributed by atoms with Gasteiger partial charge >= 0.3 is 0 Å². The Hall–Kier alpha value is -2.02. The third-order valence-electron chi connectivity index (χ3n) is 6.22. The molecule has 3 saturated heterocycles. The van der Waals surface area contributed by atoms with Gasteiger partial charge in [0.2, 0.25) is 11.9 Å². The van der Waals surface area contributed by atoms with Crippen LogP contribution in [-0.2, 0) is 9.53 Å². The Bertz CT molecular complexity index is 710. The molecule has 1 N–H and O–H groups in total. The summed E-state index contributed by atoms with van der Waals surface area (Å²) in [5.74, 6) is 0.924. The number of carbonyl (C=O) groups is 1. The van der Waals surface area contributed by atoms with Crippen molar-refractivity contribution in [3.05, 3.63) is 30.4 Å². The molecule has 0 saturated carbocycles. The Labute approximate surface area is 159 Å². The first kappa shape index (κ1) is 18.3. The maximum absolute atomic E-state index is 13.1. The summed E-state index contributed by atoms with van der Waals surface area (Å²) in [4.78, 5) is 22.5. The standard InChI is InChI=1S/C20H27FN4O2/c1-2-3-4-5-6-18(26)22-11-15-16-12-25(19-23-9-14(21)10-24-19)13-20(16)8-7-17(15)27-20/h2-3,9-10,15-17H,4-8,11-13H2,1H3,(H,22,26)/b3-2+/t15-,16+,17+,20+/m0/s1. The average Bonchev–Trinajstić information content (AvgIpc) is 3.32. The number of nitrogens with one attached hydrogen (secondary N) is 1. The van der Waals surface area contributed by atoms with Gasteiger partial charge in [-0.1, -0.05) is 12.2 Å². The van der Waals surface area contributed by atoms with Crippen molar-refractivity contribution in [3.8, 4) is 0 Å². The third-order valence-corrected chi connectivity index (χ3v) is 6.22. The van der Waals surface area contributed by atoms with Crippen LogP contribution in [0.15, 0.2) is 24.5 Å². The number of halogens is 1. The molecule has 1 spiro atoms. The van der Waals surface area contributed by atoms with Crippen molar-refractivity contribution in [1.82, 2.24) is 15.3 Å². The molecule has 4 heterocycles. The SMILES string of the molecule is C/C=C/CCCC(=O)NC[C@H]1[C@H]2CN(c3ncc(F)cn3)C[C@]23CC[C@H]1O3. The van der Waals surface area contributed by atoms with Gasteiger partial charge in [0.1, 0.15) is 0 Å². The van der Waals surface area contributed by atoms with Crippen molar-refractivity contribution < 1.29 is 13.9 Å². The highest BCUT2D eigenvalue weighted by Crippen LogP contribution is 2.54. The molecule has 146 valence electrons. The van der Waals surface area contributed by atoms with Gasteiger partial charge in [-0.05, 0) is 32.6 Å². The number of hydrogen-bond donors (Lipinski definition) is 1. The molecule has 3 fully saturated rings. The van der Waals surface area contributed by atoms with Crippen molar-refractivity contribution in [2.75, 3.05) is 24.5 Å². The second-order valence-electron chi connectivity index (χ2n) is 7.88. The first-order chi connectivity index (χ1) is 13.1. The third kappa shape index (κ3) is 3.57. The molecule has 6 nitrogen and oxygen atoms in total. The Balaban J connectivity index is 1.35. The summed E-state index contributed by atoms with van der Waals surface area (Å²) >= 11 is 0. The van der Waals surface area contributed by atoms with E-state index < -0.39 is 5.82 Å². The van der Waals surface area contributed by atoms with E-state index in [0.29, 0.717) is 30.7 Å². The largest absolute Gasteiger partial charge is 0.369 e. The number of aromatic nitrogens is 2. The number of ether oxygens (including phenoxy) is 1. The van der Waals surface area contributed by atoms with Gasteiger partial charge in [0.25, 0.3) is 0 Å². The molecule has 0 aromatic carbocycles. The van der Waals surface area contributed by atoms with Gasteiger partial charge < -0.3 is 15.0 Å². The van der Waals surface area contributed by atoms with E-state index >= 15 is 0 Å². The molecule has 0 radical (unpaired) electrons. The molecule has 1 amide bonds. The van der Waals surface area contributed by atoms with Crippen LogP contribution in [0.4, 0.5) is 10.3 Å².